The minimum Gasteiger partial charge on any atom is -0.355 e. The van der Waals surface area contributed by atoms with Crippen molar-refractivity contribution < 1.29 is 13.9 Å². The van der Waals surface area contributed by atoms with E-state index in [1.165, 1.54) is 17.7 Å². The Bertz CT molecular complexity index is 934. The van der Waals surface area contributed by atoms with Gasteiger partial charge < -0.3 is 5.32 Å². The molecule has 0 aromatic carbocycles. The number of halogens is 3. The first kappa shape index (κ1) is 14.9. The predicted octanol–water partition coefficient (Wildman–Crippen LogP) is 3.89. The van der Waals surface area contributed by atoms with Crippen molar-refractivity contribution >= 4 is 49.2 Å². The van der Waals surface area contributed by atoms with Crippen LogP contribution >= 0.6 is 22.9 Å². The molecule has 3 aromatic heterocycles. The number of hydrogen-bond acceptors (Lipinski definition) is 5. The summed E-state index contributed by atoms with van der Waals surface area (Å²) in [7, 11) is 0. The molecule has 0 spiro atoms. The number of anilines is 1. The van der Waals surface area contributed by atoms with Gasteiger partial charge in [0.15, 0.2) is 13.1 Å². The van der Waals surface area contributed by atoms with Crippen LogP contribution < -0.4 is 5.32 Å². The molecule has 4 heterocycles. The Balaban J connectivity index is 1.84. The summed E-state index contributed by atoms with van der Waals surface area (Å²) < 4.78 is 26.7. The zero-order chi connectivity index (χ0) is 16.4. The van der Waals surface area contributed by atoms with Crippen LogP contribution in [0.5, 0.6) is 0 Å². The summed E-state index contributed by atoms with van der Waals surface area (Å²) in [5, 5.41) is 4.62. The van der Waals surface area contributed by atoms with Gasteiger partial charge in [-0.25, -0.2) is 15.0 Å². The highest BCUT2D eigenvalue weighted by Crippen LogP contribution is 2.39. The summed E-state index contributed by atoms with van der Waals surface area (Å²) in [5.74, 6) is 0.580. The van der Waals surface area contributed by atoms with Crippen LogP contribution in [0.3, 0.4) is 0 Å². The fourth-order valence-corrected chi connectivity index (χ4v) is 4.20. The van der Waals surface area contributed by atoms with Gasteiger partial charge in [-0.2, -0.15) is 0 Å². The molecule has 3 aromatic rings. The highest BCUT2D eigenvalue weighted by Gasteiger charge is 2.49. The monoisotopic (exact) mass is 356 g/mol. The van der Waals surface area contributed by atoms with Gasteiger partial charge in [0.2, 0.25) is 0 Å². The topological polar surface area (TPSA) is 50.7 Å². The normalized spacial score (nSPS) is 17.6. The van der Waals surface area contributed by atoms with Crippen LogP contribution in [0.15, 0.2) is 6.33 Å². The number of rotatable bonds is 2. The van der Waals surface area contributed by atoms with E-state index in [1.54, 1.807) is 0 Å². The number of fused-ring (bicyclic) bond motifs is 3. The van der Waals surface area contributed by atoms with Gasteiger partial charge in [-0.1, -0.05) is 11.6 Å². The molecule has 120 valence electrons. The maximum atomic E-state index is 13.0. The first-order chi connectivity index (χ1) is 10.9. The first-order valence-corrected chi connectivity index (χ1v) is 8.28. The summed E-state index contributed by atoms with van der Waals surface area (Å²) in [6.07, 6.45) is 1.44. The highest BCUT2D eigenvalue weighted by atomic mass is 35.5. The van der Waals surface area contributed by atoms with E-state index in [0.29, 0.717) is 10.8 Å². The molecule has 0 unspecified atom stereocenters. The summed E-state index contributed by atoms with van der Waals surface area (Å²) in [4.78, 5) is 12.0. The van der Waals surface area contributed by atoms with Crippen LogP contribution in [-0.4, -0.2) is 39.0 Å². The van der Waals surface area contributed by atoms with Crippen molar-refractivity contribution in [1.29, 1.82) is 0 Å². The van der Waals surface area contributed by atoms with Crippen LogP contribution in [0.2, 0.25) is 5.02 Å². The van der Waals surface area contributed by atoms with Crippen molar-refractivity contribution in [3.05, 3.63) is 22.6 Å². The Kier molecular flexibility index (Phi) is 3.20. The second-order valence-electron chi connectivity index (χ2n) is 5.79. The second kappa shape index (κ2) is 4.93. The van der Waals surface area contributed by atoms with Crippen LogP contribution in [0.25, 0.3) is 20.4 Å². The standard InChI is InChI=1S/C14H13ClF2N5S/c1-6-9-11-12(23-14(9)20-7(2)10(6)15)13(19-5-18-11)21-8-3-22(16,17)4-8/h5,8H,3-4H2,1-2H3,(H,18,19,21)/q+1. The average Bonchev–Trinajstić information content (AvgIpc) is 2.82. The third-order valence-corrected chi connectivity index (χ3v) is 5.70. The van der Waals surface area contributed by atoms with Gasteiger partial charge >= 0.3 is 0 Å². The Labute approximate surface area is 139 Å². The minimum atomic E-state index is -1.95. The molecular weight excluding hydrogens is 344 g/mol. The summed E-state index contributed by atoms with van der Waals surface area (Å²) in [6.45, 7) is 3.35. The Hall–Kier alpha value is -1.64. The summed E-state index contributed by atoms with van der Waals surface area (Å²) >= 11 is 7.75. The quantitative estimate of drug-likeness (QED) is 0.708. The van der Waals surface area contributed by atoms with E-state index in [2.05, 4.69) is 20.3 Å². The van der Waals surface area contributed by atoms with Crippen LogP contribution in [-0.2, 0) is 0 Å². The van der Waals surface area contributed by atoms with Crippen LogP contribution in [0.4, 0.5) is 14.8 Å². The van der Waals surface area contributed by atoms with Gasteiger partial charge in [-0.3, -0.25) is 0 Å². The fraction of sp³-hybridized carbons (Fsp3) is 0.357. The average molecular weight is 357 g/mol. The number of nitrogens with one attached hydrogen (secondary N) is 1. The third kappa shape index (κ3) is 2.32. The zero-order valence-electron chi connectivity index (χ0n) is 12.4. The van der Waals surface area contributed by atoms with Crippen molar-refractivity contribution in [2.45, 2.75) is 19.9 Å². The molecule has 0 amide bonds. The molecule has 4 rings (SSSR count). The number of pyridine rings is 1. The van der Waals surface area contributed by atoms with Gasteiger partial charge in [-0.05, 0) is 19.4 Å². The van der Waals surface area contributed by atoms with E-state index in [-0.39, 0.29) is 19.1 Å². The first-order valence-electron chi connectivity index (χ1n) is 7.08. The molecule has 1 saturated heterocycles. The van der Waals surface area contributed by atoms with Crippen molar-refractivity contribution in [3.8, 4) is 0 Å². The van der Waals surface area contributed by atoms with Crippen molar-refractivity contribution in [2.24, 2.45) is 0 Å². The molecule has 1 fully saturated rings. The Morgan fingerprint density at radius 3 is 2.74 bits per heavy atom. The second-order valence-corrected chi connectivity index (χ2v) is 7.17. The van der Waals surface area contributed by atoms with Crippen molar-refractivity contribution in [1.82, 2.24) is 15.0 Å². The lowest BCUT2D eigenvalue weighted by molar-refractivity contribution is -1.19. The maximum Gasteiger partial charge on any atom is 0.181 e. The predicted molar refractivity (Wildman–Crippen MR) is 86.8 cm³/mol. The number of quaternary nitrogens is 1. The van der Waals surface area contributed by atoms with E-state index < -0.39 is 4.93 Å². The fourth-order valence-electron chi connectivity index (χ4n) is 2.88. The van der Waals surface area contributed by atoms with Gasteiger partial charge in [0.05, 0.1) is 25.9 Å². The number of thiophene rings is 1. The van der Waals surface area contributed by atoms with Gasteiger partial charge in [0.25, 0.3) is 0 Å². The van der Waals surface area contributed by atoms with Crippen molar-refractivity contribution in [2.75, 3.05) is 18.4 Å². The lowest BCUT2D eigenvalue weighted by Crippen LogP contribution is -2.59. The molecule has 23 heavy (non-hydrogen) atoms. The molecule has 0 atom stereocenters. The molecule has 9 heteroatoms. The molecule has 1 aliphatic rings. The van der Waals surface area contributed by atoms with E-state index >= 15 is 0 Å². The molecule has 5 nitrogen and oxygen atoms in total. The largest absolute Gasteiger partial charge is 0.355 e. The highest BCUT2D eigenvalue weighted by molar-refractivity contribution is 7.26. The van der Waals surface area contributed by atoms with Crippen LogP contribution in [0.1, 0.15) is 11.3 Å². The summed E-state index contributed by atoms with van der Waals surface area (Å²) in [5.41, 5.74) is 2.45. The zero-order valence-corrected chi connectivity index (χ0v) is 14.0. The lowest BCUT2D eigenvalue weighted by Gasteiger charge is -2.31. The molecule has 0 aliphatic carbocycles. The molecule has 0 saturated carbocycles. The SMILES string of the molecule is Cc1nc2sc3c(NC4C[N+](F)(F)C4)ncnc3c2c(C)c1Cl. The van der Waals surface area contributed by atoms with E-state index in [9.17, 15) is 8.96 Å². The number of hydrogen-bond donors (Lipinski definition) is 1. The lowest BCUT2D eigenvalue weighted by atomic mass is 10.1. The van der Waals surface area contributed by atoms with E-state index in [0.717, 1.165) is 31.7 Å². The molecule has 0 bridgehead atoms. The van der Waals surface area contributed by atoms with E-state index in [4.69, 9.17) is 11.6 Å². The molecule has 1 N–H and O–H groups in total. The molecular formula is C14H13ClF2N5S+. The maximum absolute atomic E-state index is 13.0. The number of aryl methyl sites for hydroxylation is 2. The van der Waals surface area contributed by atoms with Gasteiger partial charge in [-0.15, -0.1) is 11.3 Å². The van der Waals surface area contributed by atoms with Gasteiger partial charge in [0, 0.05) is 14.3 Å². The van der Waals surface area contributed by atoms with E-state index in [1.807, 2.05) is 13.8 Å². The van der Waals surface area contributed by atoms with Crippen LogP contribution in [0, 0.1) is 13.8 Å². The molecule has 0 radical (unpaired) electrons. The minimum absolute atomic E-state index is 0.224. The summed E-state index contributed by atoms with van der Waals surface area (Å²) in [6, 6.07) is -0.285. The number of aromatic nitrogens is 3. The Morgan fingerprint density at radius 1 is 1.30 bits per heavy atom. The van der Waals surface area contributed by atoms with Gasteiger partial charge in [0.1, 0.15) is 23.0 Å². The third-order valence-electron chi connectivity index (χ3n) is 4.06. The van der Waals surface area contributed by atoms with Crippen molar-refractivity contribution in [3.63, 3.8) is 0 Å². The molecule has 1 aliphatic heterocycles. The number of nitrogens with zero attached hydrogens (tertiary/aromatic N) is 4. The Morgan fingerprint density at radius 2 is 2.04 bits per heavy atom. The smallest absolute Gasteiger partial charge is 0.181 e.